The van der Waals surface area contributed by atoms with Gasteiger partial charge in [0.25, 0.3) is 0 Å². The van der Waals surface area contributed by atoms with Crippen LogP contribution in [0.15, 0.2) is 18.2 Å². The van der Waals surface area contributed by atoms with E-state index in [0.29, 0.717) is 5.02 Å². The number of anilines is 1. The lowest BCUT2D eigenvalue weighted by Crippen LogP contribution is -2.36. The summed E-state index contributed by atoms with van der Waals surface area (Å²) in [7, 11) is 0. The topological polar surface area (TPSA) is 32.3 Å². The Morgan fingerprint density at radius 2 is 1.80 bits per heavy atom. The zero-order chi connectivity index (χ0) is 15.0. The van der Waals surface area contributed by atoms with Gasteiger partial charge in [-0.1, -0.05) is 44.4 Å². The van der Waals surface area contributed by atoms with Crippen LogP contribution in [-0.2, 0) is 0 Å². The van der Waals surface area contributed by atoms with Crippen molar-refractivity contribution in [3.8, 4) is 0 Å². The number of benzene rings is 1. The van der Waals surface area contributed by atoms with Crippen LogP contribution in [0.4, 0.5) is 10.5 Å². The molecule has 0 radical (unpaired) electrons. The summed E-state index contributed by atoms with van der Waals surface area (Å²) >= 11 is 5.98. The van der Waals surface area contributed by atoms with Crippen molar-refractivity contribution in [1.82, 2.24) is 4.90 Å². The molecule has 0 atom stereocenters. The van der Waals surface area contributed by atoms with E-state index in [1.165, 1.54) is 0 Å². The van der Waals surface area contributed by atoms with Gasteiger partial charge in [0.15, 0.2) is 0 Å². The van der Waals surface area contributed by atoms with Crippen molar-refractivity contribution in [1.29, 1.82) is 0 Å². The Bertz CT molecular complexity index is 426. The second-order valence-corrected chi connectivity index (χ2v) is 5.52. The van der Waals surface area contributed by atoms with Crippen LogP contribution in [0.1, 0.15) is 45.1 Å². The maximum Gasteiger partial charge on any atom is 0.321 e. The third-order valence-corrected chi connectivity index (χ3v) is 3.53. The number of amides is 2. The SMILES string of the molecule is CCCCN(CCCC)C(=O)Nc1cc(Cl)ccc1C. The molecule has 0 fully saturated rings. The molecule has 20 heavy (non-hydrogen) atoms. The lowest BCUT2D eigenvalue weighted by Gasteiger charge is -2.23. The number of carbonyl (C=O) groups excluding carboxylic acids is 1. The standard InChI is InChI=1S/C16H25ClN2O/c1-4-6-10-19(11-7-5-2)16(20)18-15-12-14(17)9-8-13(15)3/h8-9,12H,4-7,10-11H2,1-3H3,(H,18,20). The largest absolute Gasteiger partial charge is 0.325 e. The van der Waals surface area contributed by atoms with Gasteiger partial charge >= 0.3 is 6.03 Å². The van der Waals surface area contributed by atoms with Gasteiger partial charge in [-0.3, -0.25) is 0 Å². The van der Waals surface area contributed by atoms with E-state index in [9.17, 15) is 4.79 Å². The predicted molar refractivity (Wildman–Crippen MR) is 86.6 cm³/mol. The van der Waals surface area contributed by atoms with Crippen LogP contribution in [0, 0.1) is 6.92 Å². The minimum atomic E-state index is -0.0303. The van der Waals surface area contributed by atoms with E-state index < -0.39 is 0 Å². The molecule has 0 aliphatic carbocycles. The number of nitrogens with zero attached hydrogens (tertiary/aromatic N) is 1. The Morgan fingerprint density at radius 1 is 1.20 bits per heavy atom. The number of hydrogen-bond donors (Lipinski definition) is 1. The summed E-state index contributed by atoms with van der Waals surface area (Å²) in [6.45, 7) is 7.85. The predicted octanol–water partition coefficient (Wildman–Crippen LogP) is 5.08. The third kappa shape index (κ3) is 5.41. The molecule has 3 nitrogen and oxygen atoms in total. The summed E-state index contributed by atoms with van der Waals surface area (Å²) in [4.78, 5) is 14.3. The minimum Gasteiger partial charge on any atom is -0.325 e. The van der Waals surface area contributed by atoms with Crippen molar-refractivity contribution in [2.24, 2.45) is 0 Å². The number of carbonyl (C=O) groups is 1. The van der Waals surface area contributed by atoms with E-state index in [-0.39, 0.29) is 6.03 Å². The fourth-order valence-corrected chi connectivity index (χ4v) is 2.11. The number of unbranched alkanes of at least 4 members (excludes halogenated alkanes) is 2. The Labute approximate surface area is 127 Å². The molecule has 2 amide bonds. The van der Waals surface area contributed by atoms with E-state index in [1.807, 2.05) is 24.0 Å². The summed E-state index contributed by atoms with van der Waals surface area (Å²) in [5, 5.41) is 3.61. The average Bonchev–Trinajstić information content (AvgIpc) is 2.43. The molecule has 0 spiro atoms. The number of aryl methyl sites for hydroxylation is 1. The molecule has 1 N–H and O–H groups in total. The second kappa shape index (κ2) is 8.85. The highest BCUT2D eigenvalue weighted by atomic mass is 35.5. The molecular weight excluding hydrogens is 272 g/mol. The normalized spacial score (nSPS) is 10.4. The van der Waals surface area contributed by atoms with Crippen LogP contribution < -0.4 is 5.32 Å². The lowest BCUT2D eigenvalue weighted by molar-refractivity contribution is 0.210. The van der Waals surface area contributed by atoms with Gasteiger partial charge in [-0.2, -0.15) is 0 Å². The highest BCUT2D eigenvalue weighted by Crippen LogP contribution is 2.20. The van der Waals surface area contributed by atoms with Gasteiger partial charge in [0.05, 0.1) is 0 Å². The summed E-state index contributed by atoms with van der Waals surface area (Å²) < 4.78 is 0. The highest BCUT2D eigenvalue weighted by molar-refractivity contribution is 6.31. The zero-order valence-corrected chi connectivity index (χ0v) is 13.5. The molecule has 0 unspecified atom stereocenters. The van der Waals surface area contributed by atoms with Crippen LogP contribution in [0.5, 0.6) is 0 Å². The van der Waals surface area contributed by atoms with Crippen LogP contribution in [-0.4, -0.2) is 24.0 Å². The summed E-state index contributed by atoms with van der Waals surface area (Å²) in [6, 6.07) is 5.52. The van der Waals surface area contributed by atoms with Crippen LogP contribution >= 0.6 is 11.6 Å². The van der Waals surface area contributed by atoms with E-state index in [2.05, 4.69) is 19.2 Å². The van der Waals surface area contributed by atoms with Crippen molar-refractivity contribution in [2.45, 2.75) is 46.5 Å². The van der Waals surface area contributed by atoms with Gasteiger partial charge in [-0.25, -0.2) is 4.79 Å². The molecule has 112 valence electrons. The molecule has 1 aromatic rings. The van der Waals surface area contributed by atoms with Gasteiger partial charge in [-0.05, 0) is 37.5 Å². The maximum absolute atomic E-state index is 12.4. The maximum atomic E-state index is 12.4. The molecule has 4 heteroatoms. The molecule has 1 rings (SSSR count). The van der Waals surface area contributed by atoms with Crippen LogP contribution in [0.2, 0.25) is 5.02 Å². The van der Waals surface area contributed by atoms with Crippen molar-refractivity contribution >= 4 is 23.3 Å². The number of halogens is 1. The fourth-order valence-electron chi connectivity index (χ4n) is 1.94. The molecule has 0 saturated carbocycles. The van der Waals surface area contributed by atoms with Gasteiger partial charge in [0, 0.05) is 23.8 Å². The Hall–Kier alpha value is -1.22. The lowest BCUT2D eigenvalue weighted by atomic mass is 10.2. The number of hydrogen-bond acceptors (Lipinski definition) is 1. The van der Waals surface area contributed by atoms with Crippen molar-refractivity contribution in [3.63, 3.8) is 0 Å². The second-order valence-electron chi connectivity index (χ2n) is 5.08. The molecule has 1 aromatic carbocycles. The Kier molecular flexibility index (Phi) is 7.45. The summed E-state index contributed by atoms with van der Waals surface area (Å²) in [6.07, 6.45) is 4.25. The Balaban J connectivity index is 2.70. The first-order chi connectivity index (χ1) is 9.58. The molecule has 0 aliphatic rings. The smallest absolute Gasteiger partial charge is 0.321 e. The van der Waals surface area contributed by atoms with Gasteiger partial charge < -0.3 is 10.2 Å². The van der Waals surface area contributed by atoms with E-state index in [0.717, 1.165) is 50.0 Å². The molecule has 0 heterocycles. The van der Waals surface area contributed by atoms with Gasteiger partial charge in [0.2, 0.25) is 0 Å². The number of urea groups is 1. The average molecular weight is 297 g/mol. The van der Waals surface area contributed by atoms with E-state index in [1.54, 1.807) is 6.07 Å². The first kappa shape index (κ1) is 16.8. The first-order valence-electron chi connectivity index (χ1n) is 7.40. The van der Waals surface area contributed by atoms with Crippen molar-refractivity contribution in [3.05, 3.63) is 28.8 Å². The van der Waals surface area contributed by atoms with Crippen molar-refractivity contribution < 1.29 is 4.79 Å². The van der Waals surface area contributed by atoms with Crippen LogP contribution in [0.3, 0.4) is 0 Å². The summed E-state index contributed by atoms with van der Waals surface area (Å²) in [5.74, 6) is 0. The number of nitrogens with one attached hydrogen (secondary N) is 1. The Morgan fingerprint density at radius 3 is 2.35 bits per heavy atom. The first-order valence-corrected chi connectivity index (χ1v) is 7.78. The molecule has 0 saturated heterocycles. The molecule has 0 aliphatic heterocycles. The minimum absolute atomic E-state index is 0.0303. The van der Waals surface area contributed by atoms with E-state index >= 15 is 0 Å². The van der Waals surface area contributed by atoms with Gasteiger partial charge in [0.1, 0.15) is 0 Å². The summed E-state index contributed by atoms with van der Waals surface area (Å²) in [5.41, 5.74) is 1.81. The quantitative estimate of drug-likeness (QED) is 0.747. The molecule has 0 bridgehead atoms. The van der Waals surface area contributed by atoms with Gasteiger partial charge in [-0.15, -0.1) is 0 Å². The zero-order valence-electron chi connectivity index (χ0n) is 12.7. The number of rotatable bonds is 7. The highest BCUT2D eigenvalue weighted by Gasteiger charge is 2.13. The molecule has 0 aromatic heterocycles. The monoisotopic (exact) mass is 296 g/mol. The van der Waals surface area contributed by atoms with E-state index in [4.69, 9.17) is 11.6 Å². The van der Waals surface area contributed by atoms with Crippen LogP contribution in [0.25, 0.3) is 0 Å². The third-order valence-electron chi connectivity index (χ3n) is 3.29. The molecular formula is C16H25ClN2O. The van der Waals surface area contributed by atoms with Crippen molar-refractivity contribution in [2.75, 3.05) is 18.4 Å². The fraction of sp³-hybridized carbons (Fsp3) is 0.562.